The van der Waals surface area contributed by atoms with E-state index in [2.05, 4.69) is 27.7 Å². The van der Waals surface area contributed by atoms with E-state index in [4.69, 9.17) is 30.4 Å². The van der Waals surface area contributed by atoms with Crippen LogP contribution in [0.25, 0.3) is 0 Å². The fraction of sp³-hybridized carbons (Fsp3) is 0.375. The average molecular weight is 600 g/mol. The number of hydrogen-bond acceptors (Lipinski definition) is 7. The summed E-state index contributed by atoms with van der Waals surface area (Å²) in [5, 5.41) is 0.984. The van der Waals surface area contributed by atoms with Crippen LogP contribution in [0.4, 0.5) is 0 Å². The summed E-state index contributed by atoms with van der Waals surface area (Å²) in [5.41, 5.74) is 11.2. The number of carbonyl (C=O) groups excluding carboxylic acids is 2. The van der Waals surface area contributed by atoms with Crippen molar-refractivity contribution >= 4 is 24.9 Å². The summed E-state index contributed by atoms with van der Waals surface area (Å²) in [7, 11) is 4.68. The minimum atomic E-state index is -1.22. The Hall–Kier alpha value is -4.10. The molecule has 4 N–H and O–H groups in total. The molecule has 0 spiro atoms. The second-order valence-corrected chi connectivity index (χ2v) is 12.2. The number of ether oxygens (including phenoxy) is 4. The standard InChI is InChI=1S/C14H22OP.2C9H11NO3/c1-12(10-14(2,3)4)11-16(15)13-8-6-5-7-9-13;2*1-12-6-4-3-5-7(13-2)8(6)9(10)11/h5-9,12H,10-11H2,1-4H3;2*3-5H,1-2H3,(H2,10,11)/q+1;;. The molecule has 0 saturated carbocycles. The zero-order chi connectivity index (χ0) is 31.9. The topological polar surface area (TPSA) is 140 Å². The summed E-state index contributed by atoms with van der Waals surface area (Å²) in [6, 6.07) is 19.9. The van der Waals surface area contributed by atoms with Crippen LogP contribution < -0.4 is 35.7 Å². The fourth-order valence-corrected chi connectivity index (χ4v) is 5.69. The molecule has 0 radical (unpaired) electrons. The van der Waals surface area contributed by atoms with E-state index in [-0.39, 0.29) is 11.1 Å². The van der Waals surface area contributed by atoms with Gasteiger partial charge in [-0.25, -0.2) is 0 Å². The van der Waals surface area contributed by atoms with E-state index in [1.54, 1.807) is 36.4 Å². The molecule has 0 aromatic heterocycles. The zero-order valence-electron chi connectivity index (χ0n) is 25.8. The number of nitrogens with two attached hydrogens (primary N) is 2. The molecule has 3 aromatic rings. The van der Waals surface area contributed by atoms with Gasteiger partial charge in [-0.2, -0.15) is 0 Å². The van der Waals surface area contributed by atoms with Crippen LogP contribution in [-0.4, -0.2) is 46.4 Å². The lowest BCUT2D eigenvalue weighted by Crippen LogP contribution is -2.14. The van der Waals surface area contributed by atoms with Gasteiger partial charge in [0.25, 0.3) is 11.8 Å². The number of benzene rings is 3. The van der Waals surface area contributed by atoms with Gasteiger partial charge in [-0.1, -0.05) is 62.6 Å². The Bertz CT molecular complexity index is 1200. The monoisotopic (exact) mass is 599 g/mol. The molecule has 0 aliphatic rings. The van der Waals surface area contributed by atoms with Crippen LogP contribution in [-0.2, 0) is 4.57 Å². The summed E-state index contributed by atoms with van der Waals surface area (Å²) in [6.45, 7) is 8.90. The van der Waals surface area contributed by atoms with E-state index in [9.17, 15) is 14.2 Å². The van der Waals surface area contributed by atoms with E-state index >= 15 is 0 Å². The summed E-state index contributed by atoms with van der Waals surface area (Å²) >= 11 is 0. The molecule has 0 bridgehead atoms. The minimum Gasteiger partial charge on any atom is -0.496 e. The highest BCUT2D eigenvalue weighted by molar-refractivity contribution is 7.53. The first-order valence-electron chi connectivity index (χ1n) is 13.3. The smallest absolute Gasteiger partial charge is 0.377 e. The Morgan fingerprint density at radius 3 is 1.33 bits per heavy atom. The number of primary amides is 2. The normalized spacial score (nSPS) is 11.4. The molecule has 0 saturated heterocycles. The third kappa shape index (κ3) is 11.8. The van der Waals surface area contributed by atoms with Gasteiger partial charge in [0.15, 0.2) is 11.5 Å². The van der Waals surface area contributed by atoms with Gasteiger partial charge in [-0.15, -0.1) is 0 Å². The van der Waals surface area contributed by atoms with Gasteiger partial charge in [-0.3, -0.25) is 9.59 Å². The summed E-state index contributed by atoms with van der Waals surface area (Å²) in [6.07, 6.45) is 1.93. The summed E-state index contributed by atoms with van der Waals surface area (Å²) < 4.78 is 32.0. The molecular weight excluding hydrogens is 555 g/mol. The highest BCUT2D eigenvalue weighted by atomic mass is 31.1. The van der Waals surface area contributed by atoms with Crippen molar-refractivity contribution in [1.29, 1.82) is 0 Å². The maximum atomic E-state index is 12.1. The predicted molar refractivity (Wildman–Crippen MR) is 168 cm³/mol. The second-order valence-electron chi connectivity index (χ2n) is 10.6. The number of carbonyl (C=O) groups is 2. The van der Waals surface area contributed by atoms with E-state index in [1.165, 1.54) is 28.4 Å². The Morgan fingerprint density at radius 2 is 1.05 bits per heavy atom. The molecule has 9 nitrogen and oxygen atoms in total. The zero-order valence-corrected chi connectivity index (χ0v) is 26.7. The van der Waals surface area contributed by atoms with Crippen LogP contribution in [0.3, 0.4) is 0 Å². The Kier molecular flexibility index (Phi) is 15.1. The predicted octanol–water partition coefficient (Wildman–Crippen LogP) is 5.82. The van der Waals surface area contributed by atoms with Crippen LogP contribution in [0.2, 0.25) is 0 Å². The van der Waals surface area contributed by atoms with Crippen LogP contribution in [0.15, 0.2) is 66.7 Å². The van der Waals surface area contributed by atoms with Crippen LogP contribution >= 0.6 is 7.80 Å². The van der Waals surface area contributed by atoms with Gasteiger partial charge in [0.1, 0.15) is 34.1 Å². The Balaban J connectivity index is 0.000000318. The molecular formula is C32H44N2O7P+. The summed E-state index contributed by atoms with van der Waals surface area (Å²) in [4.78, 5) is 22.0. The maximum absolute atomic E-state index is 12.1. The van der Waals surface area contributed by atoms with Crippen LogP contribution in [0.5, 0.6) is 23.0 Å². The average Bonchev–Trinajstić information content (AvgIpc) is 2.96. The number of methoxy groups -OCH3 is 4. The lowest BCUT2D eigenvalue weighted by atomic mass is 9.86. The first kappa shape index (κ1) is 35.9. The van der Waals surface area contributed by atoms with Crippen molar-refractivity contribution in [1.82, 2.24) is 0 Å². The van der Waals surface area contributed by atoms with Crippen LogP contribution in [0, 0.1) is 11.3 Å². The minimum absolute atomic E-state index is 0.271. The molecule has 2 unspecified atom stereocenters. The molecule has 0 aliphatic heterocycles. The summed E-state index contributed by atoms with van der Waals surface area (Å²) in [5.74, 6) is 1.09. The van der Waals surface area contributed by atoms with Gasteiger partial charge < -0.3 is 30.4 Å². The first-order valence-corrected chi connectivity index (χ1v) is 14.7. The van der Waals surface area contributed by atoms with Crippen molar-refractivity contribution in [3.05, 3.63) is 77.9 Å². The lowest BCUT2D eigenvalue weighted by molar-refractivity contribution is 0.0985. The van der Waals surface area contributed by atoms with Crippen molar-refractivity contribution < 1.29 is 33.1 Å². The molecule has 3 rings (SSSR count). The maximum Gasteiger partial charge on any atom is 0.377 e. The highest BCUT2D eigenvalue weighted by Crippen LogP contribution is 2.31. The van der Waals surface area contributed by atoms with Crippen molar-refractivity contribution in [3.8, 4) is 23.0 Å². The van der Waals surface area contributed by atoms with Gasteiger partial charge in [0.2, 0.25) is 0 Å². The number of rotatable bonds is 10. The van der Waals surface area contributed by atoms with E-state index in [1.807, 2.05) is 30.3 Å². The Morgan fingerprint density at radius 1 is 0.690 bits per heavy atom. The number of hydrogen-bond donors (Lipinski definition) is 2. The largest absolute Gasteiger partial charge is 0.496 e. The molecule has 42 heavy (non-hydrogen) atoms. The van der Waals surface area contributed by atoms with Gasteiger partial charge in [0.05, 0.1) is 28.4 Å². The van der Waals surface area contributed by atoms with Crippen molar-refractivity contribution in [2.45, 2.75) is 34.1 Å². The van der Waals surface area contributed by atoms with Crippen LogP contribution in [0.1, 0.15) is 54.8 Å². The molecule has 10 heteroatoms. The van der Waals surface area contributed by atoms with E-state index < -0.39 is 19.6 Å². The van der Waals surface area contributed by atoms with Gasteiger partial charge >= 0.3 is 7.80 Å². The van der Waals surface area contributed by atoms with Crippen molar-refractivity contribution in [2.75, 3.05) is 34.6 Å². The van der Waals surface area contributed by atoms with Gasteiger partial charge in [0, 0.05) is 5.92 Å². The molecule has 2 amide bonds. The fourth-order valence-electron chi connectivity index (χ4n) is 4.28. The highest BCUT2D eigenvalue weighted by Gasteiger charge is 2.25. The third-order valence-corrected chi connectivity index (χ3v) is 7.66. The van der Waals surface area contributed by atoms with Gasteiger partial charge in [-0.05, 0) is 48.2 Å². The van der Waals surface area contributed by atoms with E-state index in [0.29, 0.717) is 34.3 Å². The molecule has 2 atom stereocenters. The van der Waals surface area contributed by atoms with Crippen molar-refractivity contribution in [3.63, 3.8) is 0 Å². The van der Waals surface area contributed by atoms with E-state index in [0.717, 1.165) is 17.9 Å². The third-order valence-electron chi connectivity index (χ3n) is 5.83. The molecule has 0 heterocycles. The SMILES string of the molecule is CC(C[P+](=O)c1ccccc1)CC(C)(C)C.COc1cccc(OC)c1C(N)=O.COc1cccc(OC)c1C(N)=O. The molecule has 228 valence electrons. The number of amides is 2. The second kappa shape index (κ2) is 17.7. The molecule has 0 fully saturated rings. The van der Waals surface area contributed by atoms with Crippen molar-refractivity contribution in [2.24, 2.45) is 22.8 Å². The first-order chi connectivity index (χ1) is 19.8. The quantitative estimate of drug-likeness (QED) is 0.280. The molecule has 3 aromatic carbocycles. The lowest BCUT2D eigenvalue weighted by Gasteiger charge is -2.20. The molecule has 0 aliphatic carbocycles. The Labute approximate surface area is 250 Å².